The van der Waals surface area contributed by atoms with Crippen LogP contribution in [0.25, 0.3) is 22.0 Å². The smallest absolute Gasteiger partial charge is 0.258 e. The maximum Gasteiger partial charge on any atom is 0.258 e. The van der Waals surface area contributed by atoms with E-state index in [1.807, 2.05) is 42.6 Å². The number of para-hydroxylation sites is 1. The fraction of sp³-hybridized carbons (Fsp3) is 0.341. The Balaban J connectivity index is 1.47. The van der Waals surface area contributed by atoms with Crippen LogP contribution < -0.4 is 26.4 Å². The molecule has 4 amide bonds. The largest absolute Gasteiger partial charge is 0.588 e. The number of carbonyl (C=O) groups is 4. The van der Waals surface area contributed by atoms with Gasteiger partial charge < -0.3 is 41.2 Å². The van der Waals surface area contributed by atoms with Crippen molar-refractivity contribution in [1.82, 2.24) is 35.5 Å². The second-order valence-electron chi connectivity index (χ2n) is 14.8. The minimum absolute atomic E-state index is 0.00334. The Hall–Kier alpha value is -4.94. The summed E-state index contributed by atoms with van der Waals surface area (Å²) in [5.41, 5.74) is 10.5. The molecule has 17 heteroatoms. The summed E-state index contributed by atoms with van der Waals surface area (Å²) in [6.45, 7) is 1.82. The van der Waals surface area contributed by atoms with Crippen LogP contribution in [0.4, 0.5) is 0 Å². The van der Waals surface area contributed by atoms with Crippen molar-refractivity contribution in [2.75, 3.05) is 20.2 Å². The number of nitrogens with zero attached hydrogens (tertiary/aromatic N) is 2. The molecule has 3 aromatic carbocycles. The first-order valence-corrected chi connectivity index (χ1v) is 22.5. The third-order valence-electron chi connectivity index (χ3n) is 10.6. The number of likely N-dealkylation sites (N-methyl/N-ethyl adjacent to an activating group) is 1. The molecule has 0 saturated carbocycles. The average molecular weight is 888 g/mol. The summed E-state index contributed by atoms with van der Waals surface area (Å²) in [6.07, 6.45) is 5.81. The first kappa shape index (κ1) is 45.6. The number of carbonyl (C=O) groups excluding carboxylic acids is 4. The molecule has 4 atom stereocenters. The molecule has 61 heavy (non-hydrogen) atoms. The normalized spacial score (nSPS) is 18.4. The van der Waals surface area contributed by atoms with Gasteiger partial charge >= 0.3 is 0 Å². The van der Waals surface area contributed by atoms with Gasteiger partial charge in [-0.3, -0.25) is 19.2 Å². The number of aromatic nitrogens is 2. The van der Waals surface area contributed by atoms with Crippen LogP contribution in [0.3, 0.4) is 0 Å². The summed E-state index contributed by atoms with van der Waals surface area (Å²) in [6, 6.07) is 19.2. The number of unbranched alkanes of at least 4 members (excludes halogenated alkanes) is 1. The van der Waals surface area contributed by atoms with Gasteiger partial charge in [-0.05, 0) is 109 Å². The van der Waals surface area contributed by atoms with Gasteiger partial charge in [0.05, 0.1) is 11.1 Å². The zero-order valence-electron chi connectivity index (χ0n) is 34.0. The number of aromatic amines is 1. The van der Waals surface area contributed by atoms with Gasteiger partial charge in [-0.25, -0.2) is 4.98 Å². The molecule has 0 spiro atoms. The van der Waals surface area contributed by atoms with Crippen LogP contribution in [0.1, 0.15) is 55.7 Å². The number of hydrogen-bond donors (Lipinski definition) is 7. The van der Waals surface area contributed by atoms with E-state index in [2.05, 4.69) is 25.7 Å². The molecular weight excluding hydrogens is 836 g/mol. The second-order valence-corrected chi connectivity index (χ2v) is 17.4. The summed E-state index contributed by atoms with van der Waals surface area (Å²) < 4.78 is 15.1. The summed E-state index contributed by atoms with van der Waals surface area (Å²) in [5.74, 6) is -1.69. The van der Waals surface area contributed by atoms with Crippen LogP contribution in [-0.4, -0.2) is 86.5 Å². The van der Waals surface area contributed by atoms with E-state index in [0.717, 1.165) is 33.2 Å². The van der Waals surface area contributed by atoms with Crippen molar-refractivity contribution in [3.63, 3.8) is 0 Å². The Labute approximate surface area is 367 Å². The van der Waals surface area contributed by atoms with Crippen LogP contribution in [0.15, 0.2) is 100 Å². The van der Waals surface area contributed by atoms with E-state index in [4.69, 9.17) is 22.3 Å². The highest BCUT2D eigenvalue weighted by molar-refractivity contribution is 7.99. The Morgan fingerprint density at radius 3 is 2.52 bits per heavy atom. The van der Waals surface area contributed by atoms with Crippen molar-refractivity contribution in [3.05, 3.63) is 107 Å². The Morgan fingerprint density at radius 2 is 1.77 bits per heavy atom. The maximum absolute atomic E-state index is 14.8. The van der Waals surface area contributed by atoms with E-state index in [0.29, 0.717) is 64.1 Å². The molecule has 0 fully saturated rings. The zero-order valence-corrected chi connectivity index (χ0v) is 36.4. The molecule has 0 aliphatic carbocycles. The van der Waals surface area contributed by atoms with E-state index in [-0.39, 0.29) is 26.1 Å². The summed E-state index contributed by atoms with van der Waals surface area (Å²) in [4.78, 5) is 65.5. The minimum Gasteiger partial charge on any atom is -0.588 e. The molecule has 8 N–H and O–H groups in total. The van der Waals surface area contributed by atoms with Crippen LogP contribution in [0.5, 0.6) is 0 Å². The fourth-order valence-electron chi connectivity index (χ4n) is 7.33. The van der Waals surface area contributed by atoms with Gasteiger partial charge in [-0.1, -0.05) is 53.7 Å². The van der Waals surface area contributed by atoms with E-state index >= 15 is 0 Å². The molecular formula is C44H51ClN8O6S2. The van der Waals surface area contributed by atoms with Crippen molar-refractivity contribution >= 4 is 69.3 Å². The number of halogens is 1. The third kappa shape index (κ3) is 11.5. The first-order valence-electron chi connectivity index (χ1n) is 20.2. The molecule has 1 unspecified atom stereocenters. The molecule has 0 saturated heterocycles. The highest BCUT2D eigenvalue weighted by Gasteiger charge is 2.34. The minimum atomic E-state index is -1.75. The van der Waals surface area contributed by atoms with Crippen molar-refractivity contribution in [1.29, 1.82) is 0 Å². The van der Waals surface area contributed by atoms with Gasteiger partial charge in [0.15, 0.2) is 4.90 Å². The van der Waals surface area contributed by atoms with E-state index in [1.165, 1.54) is 23.6 Å². The lowest BCUT2D eigenvalue weighted by Gasteiger charge is -2.32. The SMILES string of the molecule is CC(=O)N[S+]([O-])c1ccc(-c2ccc(Cl)c3c2CNC(=O)[C@H](Cc2c[nH]c4ccccc24)N(C)C(=O)[C@H](CCCCN)NC(=O)[C@H](CCCO)NCc2cccnc2S3)cc1. The number of rotatable bonds is 12. The average Bonchev–Trinajstić information content (AvgIpc) is 3.67. The number of aliphatic hydroxyl groups excluding tert-OH is 1. The lowest BCUT2D eigenvalue weighted by Crippen LogP contribution is -2.57. The number of benzene rings is 3. The van der Waals surface area contributed by atoms with Crippen molar-refractivity contribution in [2.45, 2.75) is 91.5 Å². The van der Waals surface area contributed by atoms with Gasteiger partial charge in [0, 0.05) is 68.3 Å². The van der Waals surface area contributed by atoms with Gasteiger partial charge in [-0.15, -0.1) is 0 Å². The molecule has 5 aromatic rings. The molecule has 2 aromatic heterocycles. The standard InChI is InChI=1S/C44H51ClN8O6S2/c1-27(55)52-61(59)31-16-14-28(15-17-31)32-18-19-35(45)40-34(32)26-50-42(57)39(23-30-25-48-36-11-4-3-10-33(30)36)53(2)44(58)38(12-5-6-20-46)51-41(56)37(13-8-22-54)49-24-29-9-7-21-47-43(29)60-40/h3-4,7,9-11,14-19,21,25,37-39,48-49,54H,5-6,8,12-13,20,22-24,26,46H2,1-2H3,(H,50,57)(H,51,56)(H,52,55)/t37-,38-,39-,61?/m0/s1. The Bertz CT molecular complexity index is 2330. The van der Waals surface area contributed by atoms with Crippen LogP contribution in [0, 0.1) is 0 Å². The van der Waals surface area contributed by atoms with Crippen molar-refractivity contribution < 1.29 is 28.8 Å². The number of nitrogens with one attached hydrogen (secondary N) is 5. The quantitative estimate of drug-likeness (QED) is 0.0675. The zero-order chi connectivity index (χ0) is 43.5. The van der Waals surface area contributed by atoms with Crippen molar-refractivity contribution in [2.24, 2.45) is 5.73 Å². The summed E-state index contributed by atoms with van der Waals surface area (Å²) >= 11 is 6.60. The van der Waals surface area contributed by atoms with E-state index < -0.39 is 53.1 Å². The molecule has 1 aliphatic rings. The molecule has 0 bridgehead atoms. The van der Waals surface area contributed by atoms with Crippen LogP contribution in [-0.2, 0) is 50.1 Å². The van der Waals surface area contributed by atoms with E-state index in [1.54, 1.807) is 49.6 Å². The number of amides is 4. The van der Waals surface area contributed by atoms with E-state index in [9.17, 15) is 28.8 Å². The van der Waals surface area contributed by atoms with Gasteiger partial charge in [-0.2, -0.15) is 4.72 Å². The molecule has 14 nitrogen and oxygen atoms in total. The van der Waals surface area contributed by atoms with Crippen molar-refractivity contribution in [3.8, 4) is 11.1 Å². The molecule has 1 aliphatic heterocycles. The molecule has 0 radical (unpaired) electrons. The molecule has 322 valence electrons. The molecule has 6 rings (SSSR count). The second kappa shape index (κ2) is 21.7. The van der Waals surface area contributed by atoms with Crippen LogP contribution in [0.2, 0.25) is 5.02 Å². The molecule has 3 heterocycles. The monoisotopic (exact) mass is 886 g/mol. The third-order valence-corrected chi connectivity index (χ3v) is 13.4. The van der Waals surface area contributed by atoms with Gasteiger partial charge in [0.1, 0.15) is 28.5 Å². The van der Waals surface area contributed by atoms with Gasteiger partial charge in [0.2, 0.25) is 17.7 Å². The number of aliphatic hydroxyl groups is 1. The fourth-order valence-corrected chi connectivity index (χ4v) is 9.44. The highest BCUT2D eigenvalue weighted by Crippen LogP contribution is 2.41. The predicted molar refractivity (Wildman–Crippen MR) is 238 cm³/mol. The Kier molecular flexibility index (Phi) is 16.2. The number of pyridine rings is 1. The lowest BCUT2D eigenvalue weighted by molar-refractivity contribution is -0.142. The Morgan fingerprint density at radius 1 is 1.00 bits per heavy atom. The van der Waals surface area contributed by atoms with Crippen LogP contribution >= 0.6 is 23.4 Å². The number of H-pyrrole nitrogens is 1. The topological polar surface area (TPSA) is 218 Å². The number of fused-ring (bicyclic) bond motifs is 3. The first-order chi connectivity index (χ1) is 29.5. The van der Waals surface area contributed by atoms with Gasteiger partial charge in [0.25, 0.3) is 5.91 Å². The highest BCUT2D eigenvalue weighted by atomic mass is 35.5. The number of hydrogen-bond acceptors (Lipinski definition) is 10. The lowest BCUT2D eigenvalue weighted by atomic mass is 9.98. The predicted octanol–water partition coefficient (Wildman–Crippen LogP) is 4.74. The maximum atomic E-state index is 14.8. The number of nitrogens with two attached hydrogens (primary N) is 1. The summed E-state index contributed by atoms with van der Waals surface area (Å²) in [5, 5.41) is 21.2. The summed E-state index contributed by atoms with van der Waals surface area (Å²) in [7, 11) is 1.58.